The number of amides is 4. The zero-order valence-electron chi connectivity index (χ0n) is 13.5. The summed E-state index contributed by atoms with van der Waals surface area (Å²) in [5.74, 6) is -1.20. The molecule has 8 heteroatoms. The molecule has 0 spiro atoms. The first kappa shape index (κ1) is 17.7. The highest BCUT2D eigenvalue weighted by molar-refractivity contribution is 9.10. The molecule has 0 aliphatic carbocycles. The fraction of sp³-hybridized carbons (Fsp3) is 0. The Balaban J connectivity index is 1.99. The third-order valence-corrected chi connectivity index (χ3v) is 5.04. The number of nitrogens with one attached hydrogen (secondary N) is 2. The number of urea groups is 1. The van der Waals surface area contributed by atoms with Crippen molar-refractivity contribution in [3.05, 3.63) is 74.4 Å². The Morgan fingerprint density at radius 2 is 1.44 bits per heavy atom. The minimum atomic E-state index is -0.850. The molecule has 4 rings (SSSR count). The van der Waals surface area contributed by atoms with Crippen LogP contribution in [-0.2, 0) is 9.59 Å². The zero-order chi connectivity index (χ0) is 19.1. The van der Waals surface area contributed by atoms with Gasteiger partial charge < -0.3 is 4.42 Å². The van der Waals surface area contributed by atoms with Gasteiger partial charge in [-0.3, -0.25) is 20.2 Å². The van der Waals surface area contributed by atoms with E-state index in [0.29, 0.717) is 22.5 Å². The van der Waals surface area contributed by atoms with Gasteiger partial charge >= 0.3 is 6.03 Å². The Hall–Kier alpha value is -2.71. The number of hydrogen-bond donors (Lipinski definition) is 2. The summed E-state index contributed by atoms with van der Waals surface area (Å²) < 4.78 is 7.63. The molecule has 0 atom stereocenters. The third kappa shape index (κ3) is 3.33. The Labute approximate surface area is 169 Å². The second kappa shape index (κ2) is 6.79. The molecular weight excluding hydrogens is 480 g/mol. The quantitative estimate of drug-likeness (QED) is 0.418. The average Bonchev–Trinajstić information content (AvgIpc) is 3.01. The van der Waals surface area contributed by atoms with Crippen LogP contribution in [0.1, 0.15) is 11.3 Å². The molecule has 2 aromatic carbocycles. The summed E-state index contributed by atoms with van der Waals surface area (Å²) in [7, 11) is 0. The number of rotatable bonds is 2. The summed E-state index contributed by atoms with van der Waals surface area (Å²) in [5, 5.41) is 5.02. The largest absolute Gasteiger partial charge is 0.456 e. The van der Waals surface area contributed by atoms with Crippen molar-refractivity contribution in [3.8, 4) is 0 Å². The number of furan rings is 1. The molecule has 0 radical (unpaired) electrons. The van der Waals surface area contributed by atoms with Gasteiger partial charge in [-0.2, -0.15) is 0 Å². The number of benzene rings is 2. The van der Waals surface area contributed by atoms with Crippen LogP contribution < -0.4 is 10.6 Å². The van der Waals surface area contributed by atoms with Crippen LogP contribution in [0.25, 0.3) is 16.5 Å². The molecule has 1 aromatic heterocycles. The lowest BCUT2D eigenvalue weighted by Crippen LogP contribution is -2.51. The molecule has 27 heavy (non-hydrogen) atoms. The number of barbiturate groups is 1. The number of halogens is 2. The summed E-state index contributed by atoms with van der Waals surface area (Å²) in [4.78, 5) is 36.3. The molecule has 2 N–H and O–H groups in total. The van der Waals surface area contributed by atoms with Crippen molar-refractivity contribution in [2.75, 3.05) is 0 Å². The predicted octanol–water partition coefficient (Wildman–Crippen LogP) is 4.13. The van der Waals surface area contributed by atoms with E-state index < -0.39 is 17.8 Å². The van der Waals surface area contributed by atoms with Crippen molar-refractivity contribution < 1.29 is 18.8 Å². The first-order valence-electron chi connectivity index (χ1n) is 7.79. The second-order valence-corrected chi connectivity index (χ2v) is 7.62. The number of imide groups is 2. The lowest BCUT2D eigenvalue weighted by Gasteiger charge is -2.17. The SMILES string of the molecule is O=C1NC(=O)C(=C(c2ccc(Br)cc2)c2cc3cc(Br)ccc3o2)C(=O)N1. The Kier molecular flexibility index (Phi) is 4.45. The van der Waals surface area contributed by atoms with E-state index in [1.54, 1.807) is 36.4 Å². The summed E-state index contributed by atoms with van der Waals surface area (Å²) in [6.07, 6.45) is 0. The van der Waals surface area contributed by atoms with E-state index in [2.05, 4.69) is 42.5 Å². The van der Waals surface area contributed by atoms with Crippen molar-refractivity contribution in [1.29, 1.82) is 0 Å². The smallest absolute Gasteiger partial charge is 0.328 e. The van der Waals surface area contributed by atoms with E-state index >= 15 is 0 Å². The van der Waals surface area contributed by atoms with E-state index in [-0.39, 0.29) is 5.57 Å². The zero-order valence-corrected chi connectivity index (χ0v) is 16.7. The van der Waals surface area contributed by atoms with Crippen LogP contribution >= 0.6 is 31.9 Å². The van der Waals surface area contributed by atoms with Crippen LogP contribution in [0.5, 0.6) is 0 Å². The highest BCUT2D eigenvalue weighted by Gasteiger charge is 2.33. The van der Waals surface area contributed by atoms with Gasteiger partial charge in [0.2, 0.25) is 0 Å². The molecule has 1 saturated heterocycles. The molecule has 0 saturated carbocycles. The van der Waals surface area contributed by atoms with E-state index in [9.17, 15) is 14.4 Å². The lowest BCUT2D eigenvalue weighted by molar-refractivity contribution is -0.123. The van der Waals surface area contributed by atoms with E-state index in [4.69, 9.17) is 4.42 Å². The molecule has 1 aliphatic heterocycles. The van der Waals surface area contributed by atoms with Gasteiger partial charge in [0.15, 0.2) is 0 Å². The van der Waals surface area contributed by atoms with Crippen LogP contribution in [0.2, 0.25) is 0 Å². The Morgan fingerprint density at radius 3 is 2.11 bits per heavy atom. The monoisotopic (exact) mass is 488 g/mol. The van der Waals surface area contributed by atoms with Crippen LogP contribution in [0.3, 0.4) is 0 Å². The van der Waals surface area contributed by atoms with Gasteiger partial charge in [-0.1, -0.05) is 44.0 Å². The van der Waals surface area contributed by atoms with Crippen molar-refractivity contribution in [3.63, 3.8) is 0 Å². The minimum absolute atomic E-state index is 0.185. The Bertz CT molecular complexity index is 1120. The van der Waals surface area contributed by atoms with Crippen molar-refractivity contribution in [1.82, 2.24) is 10.6 Å². The van der Waals surface area contributed by atoms with Crippen molar-refractivity contribution >= 4 is 66.2 Å². The standard InChI is InChI=1S/C19H10Br2N2O4/c20-11-3-1-9(2-4-11)15(16-17(24)22-19(26)23-18(16)25)14-8-10-7-12(21)5-6-13(10)27-14/h1-8H,(H2,22,23,24,25,26). The predicted molar refractivity (Wildman–Crippen MR) is 106 cm³/mol. The van der Waals surface area contributed by atoms with Gasteiger partial charge in [0, 0.05) is 19.9 Å². The van der Waals surface area contributed by atoms with Crippen LogP contribution in [-0.4, -0.2) is 17.8 Å². The van der Waals surface area contributed by atoms with Gasteiger partial charge in [-0.05, 0) is 42.0 Å². The van der Waals surface area contributed by atoms with Crippen LogP contribution in [0.15, 0.2) is 67.5 Å². The highest BCUT2D eigenvalue weighted by atomic mass is 79.9. The topological polar surface area (TPSA) is 88.4 Å². The molecule has 2 heterocycles. The maximum Gasteiger partial charge on any atom is 0.328 e. The molecule has 4 amide bonds. The summed E-state index contributed by atoms with van der Waals surface area (Å²) in [5.41, 5.74) is 1.33. The molecule has 1 fully saturated rings. The summed E-state index contributed by atoms with van der Waals surface area (Å²) in [6.45, 7) is 0. The Morgan fingerprint density at radius 1 is 0.815 bits per heavy atom. The van der Waals surface area contributed by atoms with E-state index in [1.807, 2.05) is 12.1 Å². The fourth-order valence-electron chi connectivity index (χ4n) is 2.86. The van der Waals surface area contributed by atoms with Crippen molar-refractivity contribution in [2.24, 2.45) is 0 Å². The third-order valence-electron chi connectivity index (χ3n) is 4.02. The second-order valence-electron chi connectivity index (χ2n) is 5.79. The minimum Gasteiger partial charge on any atom is -0.456 e. The fourth-order valence-corrected chi connectivity index (χ4v) is 3.50. The van der Waals surface area contributed by atoms with Gasteiger partial charge in [0.05, 0.1) is 0 Å². The molecule has 3 aromatic rings. The van der Waals surface area contributed by atoms with Gasteiger partial charge in [0.25, 0.3) is 11.8 Å². The maximum absolute atomic E-state index is 12.4. The van der Waals surface area contributed by atoms with Crippen LogP contribution in [0.4, 0.5) is 4.79 Å². The molecular formula is C19H10Br2N2O4. The molecule has 134 valence electrons. The van der Waals surface area contributed by atoms with Crippen molar-refractivity contribution in [2.45, 2.75) is 0 Å². The molecule has 0 bridgehead atoms. The first-order chi connectivity index (χ1) is 12.9. The van der Waals surface area contributed by atoms with E-state index in [1.165, 1.54) is 0 Å². The number of carbonyl (C=O) groups excluding carboxylic acids is 3. The van der Waals surface area contributed by atoms with Gasteiger partial charge in [-0.25, -0.2) is 4.79 Å². The summed E-state index contributed by atoms with van der Waals surface area (Å²) >= 11 is 6.78. The average molecular weight is 490 g/mol. The van der Waals surface area contributed by atoms with E-state index in [0.717, 1.165) is 14.3 Å². The number of fused-ring (bicyclic) bond motifs is 1. The van der Waals surface area contributed by atoms with Crippen LogP contribution in [0, 0.1) is 0 Å². The maximum atomic E-state index is 12.4. The van der Waals surface area contributed by atoms with Gasteiger partial charge in [-0.15, -0.1) is 0 Å². The normalized spacial score (nSPS) is 14.3. The lowest BCUT2D eigenvalue weighted by atomic mass is 9.95. The molecule has 0 unspecified atom stereocenters. The molecule has 1 aliphatic rings. The highest BCUT2D eigenvalue weighted by Crippen LogP contribution is 2.34. The van der Waals surface area contributed by atoms with Gasteiger partial charge in [0.1, 0.15) is 16.9 Å². The molecule has 6 nitrogen and oxygen atoms in total. The number of carbonyl (C=O) groups is 3. The first-order valence-corrected chi connectivity index (χ1v) is 9.37. The number of hydrogen-bond acceptors (Lipinski definition) is 4. The summed E-state index contributed by atoms with van der Waals surface area (Å²) in [6, 6.07) is 13.5.